The fourth-order valence-electron chi connectivity index (χ4n) is 3.02. The fourth-order valence-corrected chi connectivity index (χ4v) is 3.02. The molecule has 132 valence electrons. The molecule has 1 aliphatic heterocycles. The van der Waals surface area contributed by atoms with Crippen molar-refractivity contribution in [2.45, 2.75) is 6.04 Å². The number of halogens is 1. The van der Waals surface area contributed by atoms with Gasteiger partial charge >= 0.3 is 0 Å². The van der Waals surface area contributed by atoms with E-state index in [0.29, 0.717) is 17.4 Å². The molecule has 1 N–H and O–H groups in total. The topological polar surface area (TPSA) is 61.2 Å². The number of fused-ring (bicyclic) bond motifs is 1. The van der Waals surface area contributed by atoms with Crippen LogP contribution in [0.3, 0.4) is 0 Å². The smallest absolute Gasteiger partial charge is 0.226 e. The number of aromatic nitrogens is 3. The third-order valence-corrected chi connectivity index (χ3v) is 4.32. The number of hydrogen-bond donors (Lipinski definition) is 1. The average molecular weight is 352 g/mol. The van der Waals surface area contributed by atoms with Crippen molar-refractivity contribution in [2.24, 2.45) is 0 Å². The molecule has 0 bridgehead atoms. The van der Waals surface area contributed by atoms with E-state index in [1.807, 2.05) is 24.3 Å². The molecule has 0 aliphatic carbocycles. The first kappa shape index (κ1) is 16.1. The van der Waals surface area contributed by atoms with Crippen LogP contribution >= 0.6 is 0 Å². The van der Waals surface area contributed by atoms with Crippen molar-refractivity contribution in [2.75, 3.05) is 19.5 Å². The van der Waals surface area contributed by atoms with Crippen LogP contribution < -0.4 is 14.8 Å². The summed E-state index contributed by atoms with van der Waals surface area (Å²) in [5.41, 5.74) is 2.60. The molecule has 26 heavy (non-hydrogen) atoms. The van der Waals surface area contributed by atoms with Crippen molar-refractivity contribution in [3.63, 3.8) is 0 Å². The second kappa shape index (κ2) is 6.51. The van der Waals surface area contributed by atoms with Crippen LogP contribution in [0.25, 0.3) is 5.70 Å². The van der Waals surface area contributed by atoms with Crippen LogP contribution in [-0.2, 0) is 0 Å². The first-order valence-electron chi connectivity index (χ1n) is 8.06. The highest BCUT2D eigenvalue weighted by atomic mass is 19.1. The number of allylic oxidation sites excluding steroid dienone is 1. The number of nitrogens with one attached hydrogen (secondary N) is 1. The summed E-state index contributed by atoms with van der Waals surface area (Å²) in [5.74, 6) is 1.73. The van der Waals surface area contributed by atoms with Gasteiger partial charge in [0.25, 0.3) is 0 Å². The van der Waals surface area contributed by atoms with Crippen LogP contribution in [0.5, 0.6) is 11.5 Å². The van der Waals surface area contributed by atoms with Gasteiger partial charge in [0, 0.05) is 17.3 Å². The Morgan fingerprint density at radius 2 is 1.88 bits per heavy atom. The predicted octanol–water partition coefficient (Wildman–Crippen LogP) is 3.49. The van der Waals surface area contributed by atoms with Gasteiger partial charge in [0.1, 0.15) is 29.7 Å². The minimum atomic E-state index is -0.276. The van der Waals surface area contributed by atoms with E-state index >= 15 is 0 Å². The second-order valence-corrected chi connectivity index (χ2v) is 5.79. The van der Waals surface area contributed by atoms with Gasteiger partial charge in [0.2, 0.25) is 5.95 Å². The lowest BCUT2D eigenvalue weighted by Gasteiger charge is -2.25. The van der Waals surface area contributed by atoms with Gasteiger partial charge in [0.15, 0.2) is 0 Å². The van der Waals surface area contributed by atoms with Crippen LogP contribution in [0.4, 0.5) is 10.3 Å². The Hall–Kier alpha value is -3.35. The van der Waals surface area contributed by atoms with Crippen LogP contribution in [0, 0.1) is 5.82 Å². The maximum atomic E-state index is 13.3. The molecule has 6 nitrogen and oxygen atoms in total. The summed E-state index contributed by atoms with van der Waals surface area (Å²) in [6.45, 7) is 0. The summed E-state index contributed by atoms with van der Waals surface area (Å²) in [6, 6.07) is 11.7. The molecular weight excluding hydrogens is 335 g/mol. The van der Waals surface area contributed by atoms with Crippen LogP contribution in [0.1, 0.15) is 17.2 Å². The number of benzene rings is 2. The summed E-state index contributed by atoms with van der Waals surface area (Å²) in [6.07, 6.45) is 3.51. The van der Waals surface area contributed by atoms with Gasteiger partial charge in [-0.15, -0.1) is 0 Å². The molecule has 0 spiro atoms. The van der Waals surface area contributed by atoms with Crippen molar-refractivity contribution in [3.8, 4) is 11.5 Å². The summed E-state index contributed by atoms with van der Waals surface area (Å²) in [4.78, 5) is 4.28. The number of rotatable bonds is 4. The zero-order valence-corrected chi connectivity index (χ0v) is 14.3. The van der Waals surface area contributed by atoms with E-state index in [2.05, 4.69) is 15.4 Å². The highest BCUT2D eigenvalue weighted by molar-refractivity contribution is 5.77. The van der Waals surface area contributed by atoms with E-state index in [1.54, 1.807) is 31.0 Å². The van der Waals surface area contributed by atoms with E-state index < -0.39 is 0 Å². The largest absolute Gasteiger partial charge is 0.497 e. The van der Waals surface area contributed by atoms with E-state index in [-0.39, 0.29) is 11.9 Å². The standard InChI is InChI=1S/C19H17FN4O2/c1-25-14-7-8-15(18(9-14)26-2)17-10-16(12-3-5-13(20)6-4-12)23-19-21-11-22-24(17)19/h3-11,17H,1-2H3,(H,21,22,23)/t17-/m1/s1. The molecule has 0 amide bonds. The Kier molecular flexibility index (Phi) is 4.04. The summed E-state index contributed by atoms with van der Waals surface area (Å²) >= 11 is 0. The SMILES string of the molecule is COc1ccc([C@H]2C=C(c3ccc(F)cc3)Nc3ncnn32)c(OC)c1. The molecule has 1 atom stereocenters. The number of anilines is 1. The zero-order chi connectivity index (χ0) is 18.1. The van der Waals surface area contributed by atoms with Gasteiger partial charge < -0.3 is 14.8 Å². The minimum absolute atomic E-state index is 0.227. The lowest BCUT2D eigenvalue weighted by Crippen LogP contribution is -2.20. The molecule has 0 saturated heterocycles. The van der Waals surface area contributed by atoms with Gasteiger partial charge in [-0.2, -0.15) is 10.1 Å². The van der Waals surface area contributed by atoms with Crippen molar-refractivity contribution in [1.29, 1.82) is 0 Å². The zero-order valence-electron chi connectivity index (χ0n) is 14.3. The molecular formula is C19H17FN4O2. The van der Waals surface area contributed by atoms with Crippen LogP contribution in [-0.4, -0.2) is 29.0 Å². The molecule has 3 aromatic rings. The lowest BCUT2D eigenvalue weighted by atomic mass is 10.0. The molecule has 0 saturated carbocycles. The molecule has 1 aromatic heterocycles. The molecule has 0 radical (unpaired) electrons. The normalized spacial score (nSPS) is 15.7. The summed E-state index contributed by atoms with van der Waals surface area (Å²) < 4.78 is 25.9. The first-order chi connectivity index (χ1) is 12.7. The molecule has 0 fully saturated rings. The van der Waals surface area contributed by atoms with Crippen LogP contribution in [0.2, 0.25) is 0 Å². The van der Waals surface area contributed by atoms with Crippen molar-refractivity contribution < 1.29 is 13.9 Å². The van der Waals surface area contributed by atoms with Gasteiger partial charge in [-0.05, 0) is 48.0 Å². The van der Waals surface area contributed by atoms with E-state index in [9.17, 15) is 4.39 Å². The predicted molar refractivity (Wildman–Crippen MR) is 95.7 cm³/mol. The molecule has 1 aliphatic rings. The summed E-state index contributed by atoms with van der Waals surface area (Å²) in [5, 5.41) is 7.56. The third-order valence-electron chi connectivity index (χ3n) is 4.32. The van der Waals surface area contributed by atoms with Gasteiger partial charge in [-0.25, -0.2) is 9.07 Å². The highest BCUT2D eigenvalue weighted by Gasteiger charge is 2.26. The maximum Gasteiger partial charge on any atom is 0.226 e. The summed E-state index contributed by atoms with van der Waals surface area (Å²) in [7, 11) is 3.23. The monoisotopic (exact) mass is 352 g/mol. The Morgan fingerprint density at radius 3 is 2.62 bits per heavy atom. The number of methoxy groups -OCH3 is 2. The minimum Gasteiger partial charge on any atom is -0.497 e. The third kappa shape index (κ3) is 2.77. The molecule has 2 aromatic carbocycles. The van der Waals surface area contributed by atoms with E-state index in [4.69, 9.17) is 9.47 Å². The number of hydrogen-bond acceptors (Lipinski definition) is 5. The van der Waals surface area contributed by atoms with Crippen molar-refractivity contribution in [3.05, 3.63) is 71.8 Å². The molecule has 2 heterocycles. The highest BCUT2D eigenvalue weighted by Crippen LogP contribution is 2.37. The van der Waals surface area contributed by atoms with Crippen LogP contribution in [0.15, 0.2) is 54.9 Å². The fraction of sp³-hybridized carbons (Fsp3) is 0.158. The Balaban J connectivity index is 1.82. The molecule has 0 unspecified atom stereocenters. The van der Waals surface area contributed by atoms with E-state index in [0.717, 1.165) is 16.8 Å². The average Bonchev–Trinajstić information content (AvgIpc) is 3.16. The van der Waals surface area contributed by atoms with Gasteiger partial charge in [-0.1, -0.05) is 0 Å². The van der Waals surface area contributed by atoms with Gasteiger partial charge in [-0.3, -0.25) is 0 Å². The van der Waals surface area contributed by atoms with Crippen molar-refractivity contribution in [1.82, 2.24) is 14.8 Å². The Morgan fingerprint density at radius 1 is 1.08 bits per heavy atom. The number of nitrogens with zero attached hydrogens (tertiary/aromatic N) is 3. The quantitative estimate of drug-likeness (QED) is 0.779. The maximum absolute atomic E-state index is 13.3. The van der Waals surface area contributed by atoms with E-state index in [1.165, 1.54) is 18.5 Å². The Labute approximate surface area is 149 Å². The second-order valence-electron chi connectivity index (χ2n) is 5.79. The first-order valence-corrected chi connectivity index (χ1v) is 8.06. The van der Waals surface area contributed by atoms with Crippen molar-refractivity contribution >= 4 is 11.6 Å². The number of ether oxygens (including phenoxy) is 2. The molecule has 4 rings (SSSR count). The lowest BCUT2D eigenvalue weighted by molar-refractivity contribution is 0.387. The Bertz CT molecular complexity index is 966. The molecule has 7 heteroatoms. The van der Waals surface area contributed by atoms with Gasteiger partial charge in [0.05, 0.1) is 14.2 Å².